The maximum absolute atomic E-state index is 10.9. The van der Waals surface area contributed by atoms with E-state index >= 15 is 0 Å². The SMILES string of the molecule is COCCOc1ccc(CN2CCC(C(=O)O)CC2)cc1. The van der Waals surface area contributed by atoms with Gasteiger partial charge in [-0.25, -0.2) is 0 Å². The van der Waals surface area contributed by atoms with E-state index in [-0.39, 0.29) is 5.92 Å². The van der Waals surface area contributed by atoms with Crippen LogP contribution in [-0.2, 0) is 16.1 Å². The van der Waals surface area contributed by atoms with E-state index in [1.54, 1.807) is 7.11 Å². The number of rotatable bonds is 7. The molecule has 1 fully saturated rings. The third kappa shape index (κ3) is 5.02. The van der Waals surface area contributed by atoms with Gasteiger partial charge in [0.25, 0.3) is 0 Å². The van der Waals surface area contributed by atoms with Crippen LogP contribution in [0.4, 0.5) is 0 Å². The molecule has 1 heterocycles. The Balaban J connectivity index is 1.77. The van der Waals surface area contributed by atoms with Gasteiger partial charge < -0.3 is 14.6 Å². The number of piperidine rings is 1. The number of aliphatic carboxylic acids is 1. The molecule has 21 heavy (non-hydrogen) atoms. The smallest absolute Gasteiger partial charge is 0.306 e. The van der Waals surface area contributed by atoms with Crippen LogP contribution in [0.25, 0.3) is 0 Å². The number of carboxylic acid groups (broad SMARTS) is 1. The molecule has 0 amide bonds. The third-order valence-electron chi connectivity index (χ3n) is 3.82. The van der Waals surface area contributed by atoms with Crippen molar-refractivity contribution in [3.05, 3.63) is 29.8 Å². The Hall–Kier alpha value is -1.59. The molecule has 0 saturated carbocycles. The highest BCUT2D eigenvalue weighted by molar-refractivity contribution is 5.70. The minimum Gasteiger partial charge on any atom is -0.491 e. The van der Waals surface area contributed by atoms with Gasteiger partial charge in [-0.3, -0.25) is 9.69 Å². The molecule has 0 spiro atoms. The van der Waals surface area contributed by atoms with Gasteiger partial charge in [-0.2, -0.15) is 0 Å². The number of likely N-dealkylation sites (tertiary alicyclic amines) is 1. The van der Waals surface area contributed by atoms with Crippen molar-refractivity contribution in [2.45, 2.75) is 19.4 Å². The van der Waals surface area contributed by atoms with Crippen molar-refractivity contribution < 1.29 is 19.4 Å². The number of carbonyl (C=O) groups is 1. The molecule has 116 valence electrons. The van der Waals surface area contributed by atoms with Crippen molar-refractivity contribution in [2.75, 3.05) is 33.4 Å². The minimum absolute atomic E-state index is 0.169. The lowest BCUT2D eigenvalue weighted by Gasteiger charge is -2.30. The first kappa shape index (κ1) is 15.8. The van der Waals surface area contributed by atoms with Crippen LogP contribution < -0.4 is 4.74 Å². The Labute approximate surface area is 125 Å². The Morgan fingerprint density at radius 2 is 1.90 bits per heavy atom. The molecule has 0 aliphatic carbocycles. The molecule has 0 aromatic heterocycles. The van der Waals surface area contributed by atoms with Crippen LogP contribution in [0.1, 0.15) is 18.4 Å². The van der Waals surface area contributed by atoms with E-state index in [9.17, 15) is 4.79 Å². The normalized spacial score (nSPS) is 16.8. The average Bonchev–Trinajstić information content (AvgIpc) is 2.50. The zero-order chi connectivity index (χ0) is 15.1. The number of nitrogens with zero attached hydrogens (tertiary/aromatic N) is 1. The van der Waals surface area contributed by atoms with Crippen LogP contribution in [0.5, 0.6) is 5.75 Å². The van der Waals surface area contributed by atoms with Gasteiger partial charge in [0.2, 0.25) is 0 Å². The molecule has 1 aliphatic heterocycles. The summed E-state index contributed by atoms with van der Waals surface area (Å²) < 4.78 is 10.5. The molecular weight excluding hydrogens is 270 g/mol. The van der Waals surface area contributed by atoms with Gasteiger partial charge in [0, 0.05) is 13.7 Å². The number of hydrogen-bond donors (Lipinski definition) is 1. The summed E-state index contributed by atoms with van der Waals surface area (Å²) in [5, 5.41) is 8.99. The van der Waals surface area contributed by atoms with E-state index in [2.05, 4.69) is 17.0 Å². The van der Waals surface area contributed by atoms with Crippen LogP contribution in [0.3, 0.4) is 0 Å². The van der Waals surface area contributed by atoms with E-state index in [1.165, 1.54) is 5.56 Å². The summed E-state index contributed by atoms with van der Waals surface area (Å²) in [7, 11) is 1.65. The first-order valence-corrected chi connectivity index (χ1v) is 7.35. The fraction of sp³-hybridized carbons (Fsp3) is 0.562. The molecule has 0 bridgehead atoms. The van der Waals surface area contributed by atoms with Gasteiger partial charge in [-0.1, -0.05) is 12.1 Å². The Morgan fingerprint density at radius 3 is 2.48 bits per heavy atom. The molecule has 1 saturated heterocycles. The second kappa shape index (κ2) is 8.00. The van der Waals surface area contributed by atoms with Gasteiger partial charge in [0.15, 0.2) is 0 Å². The second-order valence-corrected chi connectivity index (χ2v) is 5.37. The van der Waals surface area contributed by atoms with Gasteiger partial charge >= 0.3 is 5.97 Å². The third-order valence-corrected chi connectivity index (χ3v) is 3.82. The molecule has 5 heteroatoms. The summed E-state index contributed by atoms with van der Waals surface area (Å²) in [6.45, 7) is 3.70. The summed E-state index contributed by atoms with van der Waals surface area (Å²) in [6.07, 6.45) is 1.49. The monoisotopic (exact) mass is 293 g/mol. The maximum atomic E-state index is 10.9. The molecule has 1 aromatic rings. The number of methoxy groups -OCH3 is 1. The van der Waals surface area contributed by atoms with Crippen molar-refractivity contribution in [3.8, 4) is 5.75 Å². The van der Waals surface area contributed by atoms with Crippen LogP contribution >= 0.6 is 0 Å². The zero-order valence-corrected chi connectivity index (χ0v) is 12.5. The van der Waals surface area contributed by atoms with Crippen molar-refractivity contribution in [1.29, 1.82) is 0 Å². The fourth-order valence-electron chi connectivity index (χ4n) is 2.53. The van der Waals surface area contributed by atoms with Crippen LogP contribution in [0.15, 0.2) is 24.3 Å². The predicted octanol–water partition coefficient (Wildman–Crippen LogP) is 2.01. The molecule has 0 atom stereocenters. The second-order valence-electron chi connectivity index (χ2n) is 5.37. The first-order chi connectivity index (χ1) is 10.2. The van der Waals surface area contributed by atoms with Gasteiger partial charge in [0.05, 0.1) is 12.5 Å². The van der Waals surface area contributed by atoms with Crippen molar-refractivity contribution in [3.63, 3.8) is 0 Å². The largest absolute Gasteiger partial charge is 0.491 e. The summed E-state index contributed by atoms with van der Waals surface area (Å²) >= 11 is 0. The lowest BCUT2D eigenvalue weighted by Crippen LogP contribution is -2.35. The van der Waals surface area contributed by atoms with E-state index in [0.29, 0.717) is 13.2 Å². The first-order valence-electron chi connectivity index (χ1n) is 7.35. The molecule has 1 aliphatic rings. The van der Waals surface area contributed by atoms with Gasteiger partial charge in [0.1, 0.15) is 12.4 Å². The molecule has 1 aromatic carbocycles. The van der Waals surface area contributed by atoms with Crippen molar-refractivity contribution in [2.24, 2.45) is 5.92 Å². The Kier molecular flexibility index (Phi) is 6.02. The maximum Gasteiger partial charge on any atom is 0.306 e. The number of carboxylic acids is 1. The minimum atomic E-state index is -0.660. The van der Waals surface area contributed by atoms with Crippen LogP contribution in [-0.4, -0.2) is 49.4 Å². The topological polar surface area (TPSA) is 59.0 Å². The van der Waals surface area contributed by atoms with E-state index in [1.807, 2.05) is 12.1 Å². The number of ether oxygens (including phenoxy) is 2. The van der Waals surface area contributed by atoms with E-state index in [4.69, 9.17) is 14.6 Å². The Morgan fingerprint density at radius 1 is 1.24 bits per heavy atom. The predicted molar refractivity (Wildman–Crippen MR) is 79.4 cm³/mol. The van der Waals surface area contributed by atoms with E-state index in [0.717, 1.165) is 38.2 Å². The quantitative estimate of drug-likeness (QED) is 0.779. The molecule has 5 nitrogen and oxygen atoms in total. The summed E-state index contributed by atoms with van der Waals surface area (Å²) in [4.78, 5) is 13.2. The molecule has 1 N–H and O–H groups in total. The lowest BCUT2D eigenvalue weighted by molar-refractivity contribution is -0.143. The fourth-order valence-corrected chi connectivity index (χ4v) is 2.53. The van der Waals surface area contributed by atoms with E-state index < -0.39 is 5.97 Å². The zero-order valence-electron chi connectivity index (χ0n) is 12.5. The highest BCUT2D eigenvalue weighted by Gasteiger charge is 2.24. The van der Waals surface area contributed by atoms with Gasteiger partial charge in [-0.05, 0) is 43.6 Å². The number of benzene rings is 1. The Bertz CT molecular complexity index is 438. The van der Waals surface area contributed by atoms with Gasteiger partial charge in [-0.15, -0.1) is 0 Å². The van der Waals surface area contributed by atoms with Crippen LogP contribution in [0.2, 0.25) is 0 Å². The molecule has 0 unspecified atom stereocenters. The molecule has 2 rings (SSSR count). The number of hydrogen-bond acceptors (Lipinski definition) is 4. The van der Waals surface area contributed by atoms with Crippen LogP contribution in [0, 0.1) is 5.92 Å². The summed E-state index contributed by atoms with van der Waals surface area (Å²) in [6, 6.07) is 8.06. The summed E-state index contributed by atoms with van der Waals surface area (Å²) in [5.41, 5.74) is 1.22. The highest BCUT2D eigenvalue weighted by Crippen LogP contribution is 2.20. The molecule has 0 radical (unpaired) electrons. The lowest BCUT2D eigenvalue weighted by atomic mass is 9.97. The van der Waals surface area contributed by atoms with Crippen molar-refractivity contribution >= 4 is 5.97 Å². The summed E-state index contributed by atoms with van der Waals surface area (Å²) in [5.74, 6) is 0.0189. The molecular formula is C16H23NO4. The average molecular weight is 293 g/mol. The highest BCUT2D eigenvalue weighted by atomic mass is 16.5. The van der Waals surface area contributed by atoms with Crippen molar-refractivity contribution in [1.82, 2.24) is 4.90 Å². The standard InChI is InChI=1S/C16H23NO4/c1-20-10-11-21-15-4-2-13(3-5-15)12-17-8-6-14(7-9-17)16(18)19/h2-5,14H,6-12H2,1H3,(H,18,19).